The molecule has 2 aromatic carbocycles. The predicted molar refractivity (Wildman–Crippen MR) is 167 cm³/mol. The molecule has 5 nitrogen and oxygen atoms in total. The number of hydrogen-bond donors (Lipinski definition) is 0. The lowest BCUT2D eigenvalue weighted by Crippen LogP contribution is -2.23. The number of fused-ring (bicyclic) bond motifs is 3. The maximum absolute atomic E-state index is 14.0. The first-order valence-electron chi connectivity index (χ1n) is 13.8. The van der Waals surface area contributed by atoms with Gasteiger partial charge in [0.1, 0.15) is 4.83 Å². The number of carbonyl (C=O) groups excluding carboxylic acids is 1. The highest BCUT2D eigenvalue weighted by molar-refractivity contribution is 7.99. The quantitative estimate of drug-likeness (QED) is 0.106. The molecular weight excluding hydrogens is 615 g/mol. The van der Waals surface area contributed by atoms with Crippen LogP contribution in [-0.4, -0.2) is 25.7 Å². The van der Waals surface area contributed by atoms with E-state index in [1.54, 1.807) is 40.4 Å². The summed E-state index contributed by atoms with van der Waals surface area (Å²) in [4.78, 5) is 34.4. The monoisotopic (exact) mass is 641 g/mol. The van der Waals surface area contributed by atoms with Crippen LogP contribution in [0.15, 0.2) is 64.5 Å². The second-order valence-electron chi connectivity index (χ2n) is 10.9. The molecule has 0 saturated heterocycles. The number of aromatic nitrogens is 3. The summed E-state index contributed by atoms with van der Waals surface area (Å²) in [5.41, 5.74) is 2.47. The number of thiophene rings is 1. The molecule has 0 saturated carbocycles. The SMILES string of the molecule is Cc1cc(C(=O)CSc2nc3sc4c(c3c(=O)n2-c2ccccc2)CCC(C)C4)c(C)n1-c1ccc(Cl)c(C(F)(F)F)c1. The van der Waals surface area contributed by atoms with Crippen molar-refractivity contribution in [3.05, 3.63) is 103 Å². The highest BCUT2D eigenvalue weighted by Gasteiger charge is 2.34. The van der Waals surface area contributed by atoms with E-state index in [1.165, 1.54) is 28.8 Å². The Labute approximate surface area is 259 Å². The largest absolute Gasteiger partial charge is 0.417 e. The molecule has 0 fully saturated rings. The van der Waals surface area contributed by atoms with Crippen LogP contribution in [0.1, 0.15) is 51.1 Å². The van der Waals surface area contributed by atoms with E-state index in [0.717, 1.165) is 30.9 Å². The minimum atomic E-state index is -4.61. The van der Waals surface area contributed by atoms with E-state index in [0.29, 0.717) is 43.9 Å². The van der Waals surface area contributed by atoms with Crippen LogP contribution in [0, 0.1) is 19.8 Å². The second-order valence-corrected chi connectivity index (χ2v) is 13.3. The second kappa shape index (κ2) is 11.3. The molecule has 1 aliphatic carbocycles. The molecule has 5 aromatic rings. The summed E-state index contributed by atoms with van der Waals surface area (Å²) in [6.45, 7) is 5.66. The number of carbonyl (C=O) groups is 1. The van der Waals surface area contributed by atoms with Crippen molar-refractivity contribution in [3.63, 3.8) is 0 Å². The van der Waals surface area contributed by atoms with E-state index in [1.807, 2.05) is 30.3 Å². The zero-order valence-electron chi connectivity index (χ0n) is 23.6. The molecule has 43 heavy (non-hydrogen) atoms. The Balaban J connectivity index is 1.36. The van der Waals surface area contributed by atoms with Gasteiger partial charge in [-0.3, -0.25) is 14.2 Å². The molecule has 1 unspecified atom stereocenters. The standard InChI is InChI=1S/C32H27ClF3N3O2S2/c1-17-9-11-22-27(13-17)43-29-28(22)30(41)39(20-7-5-4-6-8-20)31(37-29)42-16-26(40)23-14-18(2)38(19(23)3)21-10-12-25(33)24(15-21)32(34,35)36/h4-8,10,12,14-15,17H,9,11,13,16H2,1-3H3. The third-order valence-electron chi connectivity index (χ3n) is 7.89. The Kier molecular flexibility index (Phi) is 7.81. The minimum absolute atomic E-state index is 0.00832. The summed E-state index contributed by atoms with van der Waals surface area (Å²) in [5.74, 6) is 0.323. The van der Waals surface area contributed by atoms with Gasteiger partial charge in [0, 0.05) is 27.5 Å². The van der Waals surface area contributed by atoms with E-state index in [4.69, 9.17) is 16.6 Å². The van der Waals surface area contributed by atoms with Gasteiger partial charge in [0.2, 0.25) is 0 Å². The number of hydrogen-bond acceptors (Lipinski definition) is 5. The molecule has 1 aliphatic rings. The first-order chi connectivity index (χ1) is 20.4. The molecule has 1 atom stereocenters. The summed E-state index contributed by atoms with van der Waals surface area (Å²) in [7, 11) is 0. The molecule has 0 aliphatic heterocycles. The highest BCUT2D eigenvalue weighted by Crippen LogP contribution is 2.38. The zero-order chi connectivity index (χ0) is 30.6. The molecule has 3 heterocycles. The van der Waals surface area contributed by atoms with Crippen LogP contribution in [-0.2, 0) is 19.0 Å². The number of rotatable bonds is 6. The molecule has 0 radical (unpaired) electrons. The molecule has 6 rings (SSSR count). The van der Waals surface area contributed by atoms with Gasteiger partial charge in [-0.1, -0.05) is 48.5 Å². The summed E-state index contributed by atoms with van der Waals surface area (Å²) >= 11 is 8.57. The number of halogens is 4. The number of aryl methyl sites for hydroxylation is 2. The summed E-state index contributed by atoms with van der Waals surface area (Å²) in [6.07, 6.45) is -1.81. The molecule has 11 heteroatoms. The third kappa shape index (κ3) is 5.45. The van der Waals surface area contributed by atoms with Gasteiger partial charge >= 0.3 is 6.18 Å². The van der Waals surface area contributed by atoms with Gasteiger partial charge in [-0.05, 0) is 81.0 Å². The first-order valence-corrected chi connectivity index (χ1v) is 16.0. The number of para-hydroxylation sites is 1. The lowest BCUT2D eigenvalue weighted by Gasteiger charge is -2.17. The fourth-order valence-electron chi connectivity index (χ4n) is 5.79. The van der Waals surface area contributed by atoms with Gasteiger partial charge < -0.3 is 4.57 Å². The molecular formula is C32H27ClF3N3O2S2. The average molecular weight is 642 g/mol. The number of thioether (sulfide) groups is 1. The molecule has 222 valence electrons. The lowest BCUT2D eigenvalue weighted by molar-refractivity contribution is -0.137. The van der Waals surface area contributed by atoms with Crippen LogP contribution in [0.5, 0.6) is 0 Å². The zero-order valence-corrected chi connectivity index (χ0v) is 26.0. The summed E-state index contributed by atoms with van der Waals surface area (Å²) in [6, 6.07) is 14.6. The Bertz CT molecular complexity index is 1940. The summed E-state index contributed by atoms with van der Waals surface area (Å²) < 4.78 is 43.8. The maximum Gasteiger partial charge on any atom is 0.417 e. The van der Waals surface area contributed by atoms with Crippen molar-refractivity contribution < 1.29 is 18.0 Å². The van der Waals surface area contributed by atoms with E-state index in [2.05, 4.69) is 6.92 Å². The molecule has 0 bridgehead atoms. The van der Waals surface area contributed by atoms with Crippen LogP contribution in [0.2, 0.25) is 5.02 Å². The Morgan fingerprint density at radius 3 is 2.56 bits per heavy atom. The molecule has 0 spiro atoms. The van der Waals surface area contributed by atoms with Gasteiger partial charge in [-0.25, -0.2) is 4.98 Å². The maximum atomic E-state index is 14.0. The molecule has 3 aromatic heterocycles. The summed E-state index contributed by atoms with van der Waals surface area (Å²) in [5, 5.41) is 0.697. The van der Waals surface area contributed by atoms with Crippen molar-refractivity contribution in [1.82, 2.24) is 14.1 Å². The van der Waals surface area contributed by atoms with Crippen LogP contribution in [0.3, 0.4) is 0 Å². The normalized spacial score (nSPS) is 15.2. The number of ketones is 1. The van der Waals surface area contributed by atoms with Gasteiger partial charge in [-0.15, -0.1) is 11.3 Å². The van der Waals surface area contributed by atoms with Crippen LogP contribution < -0.4 is 5.56 Å². The third-order valence-corrected chi connectivity index (χ3v) is 10.3. The first kappa shape index (κ1) is 29.7. The van der Waals surface area contributed by atoms with Gasteiger partial charge in [0.15, 0.2) is 10.9 Å². The minimum Gasteiger partial charge on any atom is -0.318 e. The number of nitrogens with zero attached hydrogens (tertiary/aromatic N) is 3. The smallest absolute Gasteiger partial charge is 0.318 e. The van der Waals surface area contributed by atoms with Crippen LogP contribution >= 0.6 is 34.7 Å². The van der Waals surface area contributed by atoms with Gasteiger partial charge in [0.05, 0.1) is 27.4 Å². The topological polar surface area (TPSA) is 56.9 Å². The Hall–Kier alpha value is -3.34. The van der Waals surface area contributed by atoms with E-state index in [-0.39, 0.29) is 27.8 Å². The van der Waals surface area contributed by atoms with Crippen molar-refractivity contribution in [1.29, 1.82) is 0 Å². The molecule has 0 amide bonds. The Morgan fingerprint density at radius 1 is 1.09 bits per heavy atom. The number of alkyl halides is 3. The van der Waals surface area contributed by atoms with Gasteiger partial charge in [0.25, 0.3) is 5.56 Å². The predicted octanol–water partition coefficient (Wildman–Crippen LogP) is 8.63. The van der Waals surface area contributed by atoms with Crippen molar-refractivity contribution in [2.24, 2.45) is 5.92 Å². The van der Waals surface area contributed by atoms with Crippen molar-refractivity contribution in [2.45, 2.75) is 51.4 Å². The van der Waals surface area contributed by atoms with E-state index < -0.39 is 11.7 Å². The van der Waals surface area contributed by atoms with Gasteiger partial charge in [-0.2, -0.15) is 13.2 Å². The van der Waals surface area contributed by atoms with Crippen molar-refractivity contribution >= 4 is 50.7 Å². The van der Waals surface area contributed by atoms with Crippen LogP contribution in [0.4, 0.5) is 13.2 Å². The van der Waals surface area contributed by atoms with Crippen molar-refractivity contribution in [3.8, 4) is 11.4 Å². The fourth-order valence-corrected chi connectivity index (χ4v) is 8.34. The molecule has 0 N–H and O–H groups in total. The number of Topliss-reactive ketones (excluding diaryl/α,β-unsaturated/α-hetero) is 1. The average Bonchev–Trinajstić information content (AvgIpc) is 3.47. The fraction of sp³-hybridized carbons (Fsp3) is 0.281. The van der Waals surface area contributed by atoms with E-state index in [9.17, 15) is 22.8 Å². The highest BCUT2D eigenvalue weighted by atomic mass is 35.5. The van der Waals surface area contributed by atoms with Crippen molar-refractivity contribution in [2.75, 3.05) is 5.75 Å². The van der Waals surface area contributed by atoms with Crippen LogP contribution in [0.25, 0.3) is 21.6 Å². The lowest BCUT2D eigenvalue weighted by atomic mass is 9.89. The van der Waals surface area contributed by atoms with E-state index >= 15 is 0 Å². The number of benzene rings is 2. The Morgan fingerprint density at radius 2 is 1.84 bits per heavy atom.